The standard InChI is InChI=1S/C16H18BrN3O2S.ClH/c1-18-10-5-11-19-15-8-2-3-9-16(15)20(23(19,21)22)14-7-4-6-13(17)12-14;/h2-4,6-9,12,18H,5,10-11H2,1H3;1H. The van der Waals surface area contributed by atoms with Crippen molar-refractivity contribution in [1.82, 2.24) is 5.32 Å². The van der Waals surface area contributed by atoms with Gasteiger partial charge in [0.15, 0.2) is 0 Å². The average molecular weight is 433 g/mol. The van der Waals surface area contributed by atoms with Crippen molar-refractivity contribution in [2.75, 3.05) is 28.7 Å². The molecule has 0 saturated carbocycles. The predicted octanol–water partition coefficient (Wildman–Crippen LogP) is 3.68. The van der Waals surface area contributed by atoms with E-state index in [9.17, 15) is 8.42 Å². The van der Waals surface area contributed by atoms with Gasteiger partial charge in [0.1, 0.15) is 0 Å². The van der Waals surface area contributed by atoms with Crippen molar-refractivity contribution >= 4 is 55.6 Å². The van der Waals surface area contributed by atoms with Crippen molar-refractivity contribution in [2.45, 2.75) is 6.42 Å². The van der Waals surface area contributed by atoms with E-state index in [2.05, 4.69) is 21.2 Å². The summed E-state index contributed by atoms with van der Waals surface area (Å²) in [6.07, 6.45) is 0.746. The first-order valence-corrected chi connectivity index (χ1v) is 9.57. The Kier molecular flexibility index (Phi) is 6.14. The summed E-state index contributed by atoms with van der Waals surface area (Å²) >= 11 is 3.41. The molecule has 0 atom stereocenters. The van der Waals surface area contributed by atoms with Crippen molar-refractivity contribution < 1.29 is 8.42 Å². The number of nitrogens with zero attached hydrogens (tertiary/aromatic N) is 2. The highest BCUT2D eigenvalue weighted by Crippen LogP contribution is 2.45. The van der Waals surface area contributed by atoms with Gasteiger partial charge in [-0.3, -0.25) is 4.31 Å². The van der Waals surface area contributed by atoms with Crippen molar-refractivity contribution in [3.05, 3.63) is 53.0 Å². The van der Waals surface area contributed by atoms with Crippen LogP contribution in [0, 0.1) is 0 Å². The minimum absolute atomic E-state index is 0. The van der Waals surface area contributed by atoms with Crippen LogP contribution in [0.15, 0.2) is 53.0 Å². The zero-order chi connectivity index (χ0) is 16.4. The Morgan fingerprint density at radius 3 is 2.46 bits per heavy atom. The van der Waals surface area contributed by atoms with Gasteiger partial charge in [0, 0.05) is 11.0 Å². The molecular weight excluding hydrogens is 414 g/mol. The van der Waals surface area contributed by atoms with E-state index in [1.807, 2.05) is 49.5 Å². The minimum atomic E-state index is -3.62. The minimum Gasteiger partial charge on any atom is -0.320 e. The smallest absolute Gasteiger partial charge is 0.320 e. The number of benzene rings is 2. The number of hydrogen-bond acceptors (Lipinski definition) is 3. The molecule has 1 aliphatic rings. The highest BCUT2D eigenvalue weighted by Gasteiger charge is 2.40. The summed E-state index contributed by atoms with van der Waals surface area (Å²) in [5.74, 6) is 0. The van der Waals surface area contributed by atoms with Gasteiger partial charge in [-0.15, -0.1) is 12.4 Å². The molecule has 0 amide bonds. The van der Waals surface area contributed by atoms with Gasteiger partial charge in [-0.05, 0) is 50.3 Å². The van der Waals surface area contributed by atoms with E-state index in [0.717, 1.165) is 23.1 Å². The maximum atomic E-state index is 13.1. The molecule has 0 aromatic heterocycles. The van der Waals surface area contributed by atoms with Gasteiger partial charge in [-0.25, -0.2) is 4.31 Å². The molecule has 1 N–H and O–H groups in total. The molecule has 0 saturated heterocycles. The van der Waals surface area contributed by atoms with Crippen LogP contribution >= 0.6 is 28.3 Å². The highest BCUT2D eigenvalue weighted by atomic mass is 79.9. The Bertz CT molecular complexity index is 816. The third kappa shape index (κ3) is 3.39. The van der Waals surface area contributed by atoms with Gasteiger partial charge in [-0.2, -0.15) is 8.42 Å². The second-order valence-corrected chi connectivity index (χ2v) is 7.89. The number of fused-ring (bicyclic) bond motifs is 1. The van der Waals surface area contributed by atoms with Crippen LogP contribution in [0.4, 0.5) is 17.1 Å². The fraction of sp³-hybridized carbons (Fsp3) is 0.250. The van der Waals surface area contributed by atoms with Gasteiger partial charge < -0.3 is 5.32 Å². The molecule has 130 valence electrons. The van der Waals surface area contributed by atoms with Gasteiger partial charge in [0.25, 0.3) is 0 Å². The lowest BCUT2D eigenvalue weighted by atomic mass is 10.2. The number of rotatable bonds is 5. The molecule has 8 heteroatoms. The Morgan fingerprint density at radius 2 is 1.79 bits per heavy atom. The molecule has 0 fully saturated rings. The maximum Gasteiger partial charge on any atom is 0.330 e. The summed E-state index contributed by atoms with van der Waals surface area (Å²) in [5, 5.41) is 3.05. The van der Waals surface area contributed by atoms with Crippen LogP contribution in [0.25, 0.3) is 0 Å². The molecular formula is C16H19BrClN3O2S. The summed E-state index contributed by atoms with van der Waals surface area (Å²) < 4.78 is 29.9. The van der Waals surface area contributed by atoms with E-state index in [4.69, 9.17) is 0 Å². The molecule has 0 bridgehead atoms. The van der Waals surface area contributed by atoms with Gasteiger partial charge in [0.2, 0.25) is 0 Å². The molecule has 0 radical (unpaired) electrons. The van der Waals surface area contributed by atoms with Crippen LogP contribution in [0.2, 0.25) is 0 Å². The number of halogens is 2. The normalized spacial score (nSPS) is 15.1. The SMILES string of the molecule is CNCCCN1c2ccccc2N(c2cccc(Br)c2)S1(=O)=O.Cl. The second kappa shape index (κ2) is 7.74. The fourth-order valence-corrected chi connectivity index (χ4v) is 4.83. The summed E-state index contributed by atoms with van der Waals surface area (Å²) in [5.41, 5.74) is 2.04. The van der Waals surface area contributed by atoms with E-state index in [0.29, 0.717) is 17.9 Å². The monoisotopic (exact) mass is 431 g/mol. The molecule has 0 spiro atoms. The van der Waals surface area contributed by atoms with Gasteiger partial charge in [0.05, 0.1) is 17.1 Å². The third-order valence-electron chi connectivity index (χ3n) is 3.71. The molecule has 3 rings (SSSR count). The van der Waals surface area contributed by atoms with Crippen molar-refractivity contribution in [2.24, 2.45) is 0 Å². The van der Waals surface area contributed by atoms with Crippen molar-refractivity contribution in [3.63, 3.8) is 0 Å². The van der Waals surface area contributed by atoms with Crippen LogP contribution in [0.1, 0.15) is 6.42 Å². The van der Waals surface area contributed by atoms with E-state index >= 15 is 0 Å². The summed E-state index contributed by atoms with van der Waals surface area (Å²) in [6, 6.07) is 14.7. The number of nitrogens with one attached hydrogen (secondary N) is 1. The van der Waals surface area contributed by atoms with Crippen molar-refractivity contribution in [1.29, 1.82) is 0 Å². The Labute approximate surface area is 157 Å². The quantitative estimate of drug-likeness (QED) is 0.733. The molecule has 24 heavy (non-hydrogen) atoms. The van der Waals surface area contributed by atoms with Gasteiger partial charge >= 0.3 is 10.2 Å². The maximum absolute atomic E-state index is 13.1. The largest absolute Gasteiger partial charge is 0.330 e. The van der Waals surface area contributed by atoms with Crippen LogP contribution in [-0.4, -0.2) is 28.6 Å². The van der Waals surface area contributed by atoms with Crippen LogP contribution < -0.4 is 13.9 Å². The highest BCUT2D eigenvalue weighted by molar-refractivity contribution is 9.10. The lowest BCUT2D eigenvalue weighted by Gasteiger charge is -2.22. The molecule has 1 aliphatic heterocycles. The summed E-state index contributed by atoms with van der Waals surface area (Å²) in [7, 11) is -1.76. The Balaban J connectivity index is 0.00000208. The van der Waals surface area contributed by atoms with Crippen LogP contribution in [0.3, 0.4) is 0 Å². The van der Waals surface area contributed by atoms with Crippen molar-refractivity contribution in [3.8, 4) is 0 Å². The fourth-order valence-electron chi connectivity index (χ4n) is 2.70. The number of hydrogen-bond donors (Lipinski definition) is 1. The molecule has 0 aliphatic carbocycles. The van der Waals surface area contributed by atoms with E-state index in [1.165, 1.54) is 8.61 Å². The number of para-hydroxylation sites is 2. The second-order valence-electron chi connectivity index (χ2n) is 5.27. The molecule has 0 unspecified atom stereocenters. The molecule has 5 nitrogen and oxygen atoms in total. The zero-order valence-electron chi connectivity index (χ0n) is 13.1. The van der Waals surface area contributed by atoms with E-state index in [-0.39, 0.29) is 12.4 Å². The summed E-state index contributed by atoms with van der Waals surface area (Å²) in [4.78, 5) is 0. The first-order valence-electron chi connectivity index (χ1n) is 7.38. The first kappa shape index (κ1) is 19.1. The lowest BCUT2D eigenvalue weighted by Crippen LogP contribution is -2.36. The predicted molar refractivity (Wildman–Crippen MR) is 105 cm³/mol. The average Bonchev–Trinajstić information content (AvgIpc) is 2.74. The van der Waals surface area contributed by atoms with Gasteiger partial charge in [-0.1, -0.05) is 34.1 Å². The topological polar surface area (TPSA) is 52.6 Å². The lowest BCUT2D eigenvalue weighted by molar-refractivity contribution is 0.591. The number of anilines is 3. The summed E-state index contributed by atoms with van der Waals surface area (Å²) in [6.45, 7) is 1.22. The zero-order valence-corrected chi connectivity index (χ0v) is 16.4. The Hall–Kier alpha value is -1.28. The van der Waals surface area contributed by atoms with Crippen LogP contribution in [-0.2, 0) is 10.2 Å². The Morgan fingerprint density at radius 1 is 1.08 bits per heavy atom. The van der Waals surface area contributed by atoms with Crippen LogP contribution in [0.5, 0.6) is 0 Å². The molecule has 2 aromatic rings. The molecule has 2 aromatic carbocycles. The molecule has 1 heterocycles. The van der Waals surface area contributed by atoms with E-state index < -0.39 is 10.2 Å². The third-order valence-corrected chi connectivity index (χ3v) is 6.01. The van der Waals surface area contributed by atoms with E-state index in [1.54, 1.807) is 6.07 Å². The first-order chi connectivity index (χ1) is 11.1.